The third-order valence-corrected chi connectivity index (χ3v) is 5.04. The van der Waals surface area contributed by atoms with Crippen LogP contribution in [0.15, 0.2) is 29.1 Å². The molecule has 0 radical (unpaired) electrons. The first-order chi connectivity index (χ1) is 11.4. The highest BCUT2D eigenvalue weighted by molar-refractivity contribution is 7.18. The Hall–Kier alpha value is -2.44. The molecule has 3 rings (SSSR count). The fourth-order valence-electron chi connectivity index (χ4n) is 2.39. The molecule has 7 heteroatoms. The molecule has 0 aliphatic carbocycles. The highest BCUT2D eigenvalue weighted by atomic mass is 35.5. The van der Waals surface area contributed by atoms with Crippen molar-refractivity contribution in [2.24, 2.45) is 0 Å². The van der Waals surface area contributed by atoms with Crippen LogP contribution in [0.4, 0.5) is 0 Å². The van der Waals surface area contributed by atoms with E-state index in [2.05, 4.69) is 4.98 Å². The van der Waals surface area contributed by atoms with Gasteiger partial charge in [0.15, 0.2) is 4.96 Å². The Morgan fingerprint density at radius 1 is 1.33 bits per heavy atom. The van der Waals surface area contributed by atoms with Gasteiger partial charge in [-0.2, -0.15) is 0 Å². The molecule has 0 spiro atoms. The minimum Gasteiger partial charge on any atom is -0.477 e. The van der Waals surface area contributed by atoms with Gasteiger partial charge in [0.25, 0.3) is 5.56 Å². The zero-order valence-corrected chi connectivity index (χ0v) is 14.5. The lowest BCUT2D eigenvalue weighted by Crippen LogP contribution is -2.17. The number of hydrogen-bond donors (Lipinski definition) is 1. The molecule has 2 heterocycles. The maximum atomic E-state index is 12.4. The average Bonchev–Trinajstić information content (AvgIpc) is 2.86. The lowest BCUT2D eigenvalue weighted by Gasteiger charge is -2.01. The van der Waals surface area contributed by atoms with Crippen LogP contribution in [0.1, 0.15) is 32.2 Å². The molecule has 0 unspecified atom stereocenters. The fraction of sp³-hybridized carbons (Fsp3) is 0.118. The van der Waals surface area contributed by atoms with Gasteiger partial charge in [0.1, 0.15) is 9.90 Å². The minimum absolute atomic E-state index is 0.0331. The molecule has 0 bridgehead atoms. The quantitative estimate of drug-likeness (QED) is 0.769. The third kappa shape index (κ3) is 2.86. The number of fused-ring (bicyclic) bond motifs is 1. The monoisotopic (exact) mass is 360 g/mol. The van der Waals surface area contributed by atoms with Crippen molar-refractivity contribution in [3.63, 3.8) is 0 Å². The van der Waals surface area contributed by atoms with Gasteiger partial charge in [-0.05, 0) is 25.5 Å². The van der Waals surface area contributed by atoms with Gasteiger partial charge in [-0.25, -0.2) is 9.78 Å². The molecule has 0 saturated carbocycles. The van der Waals surface area contributed by atoms with E-state index in [1.54, 1.807) is 13.0 Å². The number of carboxylic acid groups (broad SMARTS) is 1. The molecular formula is C17H13ClN2O3S. The maximum absolute atomic E-state index is 12.4. The Morgan fingerprint density at radius 2 is 2.08 bits per heavy atom. The van der Waals surface area contributed by atoms with E-state index in [9.17, 15) is 14.7 Å². The second kappa shape index (κ2) is 6.22. The number of nitrogens with zero attached hydrogens (tertiary/aromatic N) is 2. The van der Waals surface area contributed by atoms with E-state index >= 15 is 0 Å². The molecule has 2 aromatic heterocycles. The predicted molar refractivity (Wildman–Crippen MR) is 96.2 cm³/mol. The van der Waals surface area contributed by atoms with Crippen molar-refractivity contribution in [2.45, 2.75) is 13.8 Å². The number of carbonyl (C=O) groups is 1. The van der Waals surface area contributed by atoms with Crippen LogP contribution in [0.5, 0.6) is 0 Å². The summed E-state index contributed by atoms with van der Waals surface area (Å²) in [6.07, 6.45) is 3.48. The van der Waals surface area contributed by atoms with E-state index in [4.69, 9.17) is 11.6 Å². The lowest BCUT2D eigenvalue weighted by molar-refractivity contribution is 0.0701. The molecule has 3 aromatic rings. The Morgan fingerprint density at radius 3 is 2.75 bits per heavy atom. The molecular weight excluding hydrogens is 348 g/mol. The molecule has 0 atom stereocenters. The van der Waals surface area contributed by atoms with Crippen LogP contribution in [0.2, 0.25) is 5.02 Å². The Kier molecular flexibility index (Phi) is 4.26. The van der Waals surface area contributed by atoms with E-state index in [0.29, 0.717) is 16.3 Å². The van der Waals surface area contributed by atoms with E-state index in [-0.39, 0.29) is 9.90 Å². The molecule has 122 valence electrons. The van der Waals surface area contributed by atoms with Gasteiger partial charge in [0.2, 0.25) is 0 Å². The largest absolute Gasteiger partial charge is 0.477 e. The van der Waals surface area contributed by atoms with Crippen molar-refractivity contribution in [3.8, 4) is 0 Å². The summed E-state index contributed by atoms with van der Waals surface area (Å²) in [5.74, 6) is -1.09. The van der Waals surface area contributed by atoms with Crippen LogP contribution in [0.25, 0.3) is 17.1 Å². The first-order valence-electron chi connectivity index (χ1n) is 7.08. The zero-order chi connectivity index (χ0) is 17.4. The number of thiazole rings is 1. The van der Waals surface area contributed by atoms with E-state index in [1.165, 1.54) is 4.40 Å². The molecule has 24 heavy (non-hydrogen) atoms. The van der Waals surface area contributed by atoms with E-state index in [0.717, 1.165) is 22.5 Å². The standard InChI is InChI=1S/C17H13ClN2O3S/c1-9-4-3-5-11(8-9)6-7-12-13(18)15(21)20-10(2)14(16(22)23)24-17(20)19-12/h3-8H,1-2H3,(H,22,23). The number of carboxylic acids is 1. The molecule has 0 saturated heterocycles. The van der Waals surface area contributed by atoms with Crippen molar-refractivity contribution in [1.29, 1.82) is 0 Å². The molecule has 0 amide bonds. The average molecular weight is 361 g/mol. The van der Waals surface area contributed by atoms with Crippen molar-refractivity contribution in [1.82, 2.24) is 9.38 Å². The Bertz CT molecular complexity index is 1050. The summed E-state index contributed by atoms with van der Waals surface area (Å²) >= 11 is 7.09. The van der Waals surface area contributed by atoms with Crippen molar-refractivity contribution in [3.05, 3.63) is 67.0 Å². The topological polar surface area (TPSA) is 71.7 Å². The number of benzene rings is 1. The number of halogens is 1. The normalized spacial score (nSPS) is 11.5. The molecule has 0 aliphatic heterocycles. The summed E-state index contributed by atoms with van der Waals surface area (Å²) in [5.41, 5.74) is 2.26. The summed E-state index contributed by atoms with van der Waals surface area (Å²) in [5, 5.41) is 9.16. The van der Waals surface area contributed by atoms with Gasteiger partial charge in [-0.15, -0.1) is 0 Å². The SMILES string of the molecule is Cc1cccc(C=Cc2nc3sc(C(=O)O)c(C)n3c(=O)c2Cl)c1. The van der Waals surface area contributed by atoms with Crippen LogP contribution in [-0.2, 0) is 0 Å². The fourth-order valence-corrected chi connectivity index (χ4v) is 3.54. The first kappa shape index (κ1) is 16.4. The first-order valence-corrected chi connectivity index (χ1v) is 8.27. The van der Waals surface area contributed by atoms with Crippen LogP contribution >= 0.6 is 22.9 Å². The summed E-state index contributed by atoms with van der Waals surface area (Å²) in [7, 11) is 0. The number of aryl methyl sites for hydroxylation is 2. The predicted octanol–water partition coefficient (Wildman–Crippen LogP) is 3.89. The summed E-state index contributed by atoms with van der Waals surface area (Å²) in [6, 6.07) is 7.85. The molecule has 0 aliphatic rings. The van der Waals surface area contributed by atoms with Crippen LogP contribution in [0, 0.1) is 13.8 Å². The number of aromatic nitrogens is 2. The number of hydrogen-bond acceptors (Lipinski definition) is 4. The van der Waals surface area contributed by atoms with Crippen molar-refractivity contribution in [2.75, 3.05) is 0 Å². The molecule has 1 N–H and O–H groups in total. The van der Waals surface area contributed by atoms with Gasteiger partial charge in [0.05, 0.1) is 11.4 Å². The number of rotatable bonds is 3. The van der Waals surface area contributed by atoms with Gasteiger partial charge in [-0.3, -0.25) is 9.20 Å². The van der Waals surface area contributed by atoms with Crippen LogP contribution in [0.3, 0.4) is 0 Å². The van der Waals surface area contributed by atoms with E-state index < -0.39 is 11.5 Å². The maximum Gasteiger partial charge on any atom is 0.347 e. The van der Waals surface area contributed by atoms with Crippen molar-refractivity contribution < 1.29 is 9.90 Å². The third-order valence-electron chi connectivity index (χ3n) is 3.55. The Labute approximate surface area is 146 Å². The Balaban J connectivity index is 2.14. The molecule has 0 fully saturated rings. The van der Waals surface area contributed by atoms with Gasteiger partial charge in [0, 0.05) is 0 Å². The van der Waals surface area contributed by atoms with Gasteiger partial charge in [-0.1, -0.05) is 58.8 Å². The zero-order valence-electron chi connectivity index (χ0n) is 12.9. The number of aromatic carboxylic acids is 1. The van der Waals surface area contributed by atoms with Crippen molar-refractivity contribution >= 4 is 46.0 Å². The summed E-state index contributed by atoms with van der Waals surface area (Å²) < 4.78 is 1.24. The van der Waals surface area contributed by atoms with E-state index in [1.807, 2.05) is 37.3 Å². The highest BCUT2D eigenvalue weighted by Gasteiger charge is 2.19. The minimum atomic E-state index is -1.09. The smallest absolute Gasteiger partial charge is 0.347 e. The second-order valence-corrected chi connectivity index (χ2v) is 6.66. The summed E-state index contributed by atoms with van der Waals surface area (Å²) in [6.45, 7) is 3.55. The highest BCUT2D eigenvalue weighted by Crippen LogP contribution is 2.23. The van der Waals surface area contributed by atoms with Gasteiger partial charge >= 0.3 is 5.97 Å². The van der Waals surface area contributed by atoms with Gasteiger partial charge < -0.3 is 5.11 Å². The summed E-state index contributed by atoms with van der Waals surface area (Å²) in [4.78, 5) is 28.4. The second-order valence-electron chi connectivity index (χ2n) is 5.30. The van der Waals surface area contributed by atoms with Crippen LogP contribution < -0.4 is 5.56 Å². The lowest BCUT2D eigenvalue weighted by atomic mass is 10.1. The van der Waals surface area contributed by atoms with Crippen LogP contribution in [-0.4, -0.2) is 20.5 Å². The molecule has 5 nitrogen and oxygen atoms in total. The molecule has 1 aromatic carbocycles.